The number of fused-ring (bicyclic) bond motifs is 3. The monoisotopic (exact) mass is 878 g/mol. The van der Waals surface area contributed by atoms with Crippen molar-refractivity contribution in [3.05, 3.63) is 83.1 Å². The Labute approximate surface area is 385 Å². The average molecular weight is 879 g/mol. The van der Waals surface area contributed by atoms with Gasteiger partial charge in [0, 0.05) is 43.6 Å². The maximum absolute atomic E-state index is 13.9. The quantitative estimate of drug-likeness (QED) is 0.158. The smallest absolute Gasteiger partial charge is 0.306 e. The second-order valence-electron chi connectivity index (χ2n) is 20.3. The summed E-state index contributed by atoms with van der Waals surface area (Å²) in [6, 6.07) is 20.3. The van der Waals surface area contributed by atoms with E-state index < -0.39 is 11.8 Å². The van der Waals surface area contributed by atoms with Gasteiger partial charge in [0.2, 0.25) is 11.8 Å². The van der Waals surface area contributed by atoms with E-state index >= 15 is 0 Å². The van der Waals surface area contributed by atoms with Crippen molar-refractivity contribution in [1.29, 1.82) is 0 Å². The molecule has 4 atom stereocenters. The van der Waals surface area contributed by atoms with Crippen molar-refractivity contribution in [1.82, 2.24) is 9.80 Å². The van der Waals surface area contributed by atoms with Crippen molar-refractivity contribution in [2.75, 3.05) is 27.3 Å². The number of carbonyl (C=O) groups excluding carboxylic acids is 4. The molecule has 4 heterocycles. The Kier molecular flexibility index (Phi) is 12.7. The summed E-state index contributed by atoms with van der Waals surface area (Å²) >= 11 is 0. The number of aliphatic imine (C=N–C) groups is 2. The van der Waals surface area contributed by atoms with E-state index in [1.807, 2.05) is 37.5 Å². The Morgan fingerprint density at radius 3 is 1.85 bits per heavy atom. The summed E-state index contributed by atoms with van der Waals surface area (Å²) in [5.41, 5.74) is 15.0. The van der Waals surface area contributed by atoms with Gasteiger partial charge >= 0.3 is 11.9 Å². The molecule has 10 nitrogen and oxygen atoms in total. The first-order valence-corrected chi connectivity index (χ1v) is 24.4. The Morgan fingerprint density at radius 1 is 0.677 bits per heavy atom. The Morgan fingerprint density at radius 2 is 1.25 bits per heavy atom. The van der Waals surface area contributed by atoms with Crippen LogP contribution in [0, 0.1) is 23.7 Å². The molecule has 2 saturated heterocycles. The zero-order chi connectivity index (χ0) is 45.6. The number of methoxy groups -OCH3 is 2. The number of amides is 2. The maximum Gasteiger partial charge on any atom is 0.306 e. The number of benzene rings is 3. The molecule has 65 heavy (non-hydrogen) atoms. The lowest BCUT2D eigenvalue weighted by Crippen LogP contribution is -2.45. The molecule has 0 radical (unpaired) electrons. The van der Waals surface area contributed by atoms with E-state index in [1.54, 1.807) is 5.56 Å². The lowest BCUT2D eigenvalue weighted by molar-refractivity contribution is -0.148. The number of esters is 2. The molecule has 0 unspecified atom stereocenters. The molecule has 1 saturated carbocycles. The fraction of sp³-hybridized carbons (Fsp3) is 0.527. The molecule has 3 aromatic carbocycles. The van der Waals surface area contributed by atoms with Crippen LogP contribution >= 0.6 is 0 Å². The first kappa shape index (κ1) is 44.8. The maximum atomic E-state index is 13.9. The number of allylic oxidation sites excluding steroid dienone is 1. The lowest BCUT2D eigenvalue weighted by Gasteiger charge is -2.30. The van der Waals surface area contributed by atoms with Crippen LogP contribution in [0.4, 0.5) is 5.69 Å². The van der Waals surface area contributed by atoms with Crippen molar-refractivity contribution in [2.24, 2.45) is 33.7 Å². The van der Waals surface area contributed by atoms with Crippen molar-refractivity contribution in [2.45, 2.75) is 135 Å². The van der Waals surface area contributed by atoms with Gasteiger partial charge in [-0.25, -0.2) is 0 Å². The first-order valence-electron chi connectivity index (χ1n) is 24.4. The molecule has 0 N–H and O–H groups in total. The normalized spacial score (nSPS) is 21.7. The Bertz CT molecular complexity index is 2460. The number of hydrogen-bond acceptors (Lipinski definition) is 8. The van der Waals surface area contributed by atoms with Crippen molar-refractivity contribution < 1.29 is 28.7 Å². The standard InChI is InChI=1S/C55H66N4O6/c1-33(2)43(30-50(60)64-5)53(62)58-25-9-11-48(58)46-29-39(32-56-46)40-18-19-41(52-42(40)21-24-55(52)22-7-8-23-55)36-15-13-35(14-16-36)37-17-20-45-38(27-37)28-47(57-45)49-12-10-26-59(49)54(63)44(34(3)4)31-51(61)65-6/h13-20,27,32-34,43-44,48-49H,7-12,21-26,28-31H2,1-6H3/t43-,44-,48-,49-/m0/s1. The molecule has 3 aromatic rings. The van der Waals surface area contributed by atoms with E-state index in [1.165, 1.54) is 85.3 Å². The van der Waals surface area contributed by atoms with Crippen LogP contribution in [0.5, 0.6) is 0 Å². The van der Waals surface area contributed by atoms with Gasteiger partial charge in [0.25, 0.3) is 0 Å². The summed E-state index contributed by atoms with van der Waals surface area (Å²) in [4.78, 5) is 66.3. The van der Waals surface area contributed by atoms with Crippen molar-refractivity contribution in [3.63, 3.8) is 0 Å². The van der Waals surface area contributed by atoms with Crippen LogP contribution < -0.4 is 0 Å². The molecule has 2 aliphatic carbocycles. The van der Waals surface area contributed by atoms with Crippen molar-refractivity contribution in [3.8, 4) is 22.3 Å². The van der Waals surface area contributed by atoms with Crippen LogP contribution in [0.25, 0.3) is 27.8 Å². The van der Waals surface area contributed by atoms with Gasteiger partial charge < -0.3 is 19.3 Å². The third kappa shape index (κ3) is 8.51. The summed E-state index contributed by atoms with van der Waals surface area (Å²) in [5.74, 6) is -1.37. The van der Waals surface area contributed by atoms with Gasteiger partial charge in [0.15, 0.2) is 0 Å². The molecule has 0 bridgehead atoms. The molecule has 4 aliphatic heterocycles. The number of nitrogens with zero attached hydrogens (tertiary/aromatic N) is 4. The lowest BCUT2D eigenvalue weighted by atomic mass is 9.76. The predicted octanol–water partition coefficient (Wildman–Crippen LogP) is 10.2. The number of rotatable bonds is 13. The third-order valence-corrected chi connectivity index (χ3v) is 15.9. The molecule has 1 spiro atoms. The number of likely N-dealkylation sites (tertiary alicyclic amines) is 2. The van der Waals surface area contributed by atoms with Crippen LogP contribution in [0.15, 0.2) is 70.8 Å². The van der Waals surface area contributed by atoms with Gasteiger partial charge in [0.1, 0.15) is 0 Å². The topological polar surface area (TPSA) is 118 Å². The molecular weight excluding hydrogens is 813 g/mol. The van der Waals surface area contributed by atoms with E-state index in [9.17, 15) is 19.2 Å². The fourth-order valence-corrected chi connectivity index (χ4v) is 12.3. The Balaban J connectivity index is 0.916. The van der Waals surface area contributed by atoms with Gasteiger partial charge in [-0.3, -0.25) is 29.2 Å². The number of hydrogen-bond donors (Lipinski definition) is 0. The van der Waals surface area contributed by atoms with Gasteiger partial charge in [-0.15, -0.1) is 0 Å². The predicted molar refractivity (Wildman–Crippen MR) is 256 cm³/mol. The van der Waals surface area contributed by atoms with Crippen LogP contribution in [-0.2, 0) is 46.9 Å². The van der Waals surface area contributed by atoms with E-state index in [0.717, 1.165) is 67.6 Å². The van der Waals surface area contributed by atoms with Crippen LogP contribution in [0.3, 0.4) is 0 Å². The molecule has 9 rings (SSSR count). The molecule has 0 aromatic heterocycles. The second-order valence-corrected chi connectivity index (χ2v) is 20.3. The minimum absolute atomic E-state index is 0.0287. The van der Waals surface area contributed by atoms with E-state index in [4.69, 9.17) is 19.5 Å². The van der Waals surface area contributed by atoms with Crippen molar-refractivity contribution >= 4 is 46.4 Å². The van der Waals surface area contributed by atoms with Gasteiger partial charge in [-0.1, -0.05) is 83.0 Å². The highest BCUT2D eigenvalue weighted by atomic mass is 16.5. The van der Waals surface area contributed by atoms with Gasteiger partial charge in [-0.2, -0.15) is 0 Å². The largest absolute Gasteiger partial charge is 0.469 e. The Hall–Kier alpha value is -5.38. The van der Waals surface area contributed by atoms with E-state index in [0.29, 0.717) is 13.1 Å². The van der Waals surface area contributed by atoms with Gasteiger partial charge in [-0.05, 0) is 131 Å². The summed E-state index contributed by atoms with van der Waals surface area (Å²) < 4.78 is 9.89. The third-order valence-electron chi connectivity index (χ3n) is 15.9. The van der Waals surface area contributed by atoms with E-state index in [2.05, 4.69) is 60.8 Å². The molecule has 6 aliphatic rings. The first-order chi connectivity index (χ1) is 31.4. The van der Waals surface area contributed by atoms with E-state index in [-0.39, 0.29) is 65.9 Å². The minimum Gasteiger partial charge on any atom is -0.469 e. The molecule has 3 fully saturated rings. The number of carbonyl (C=O) groups is 4. The SMILES string of the molecule is COC(=O)C[C@H](C(=O)N1CCC[C@H]1C1=NC=C(c2ccc(-c3ccc(-c4ccc5c(c4)CC([C@@H]4CCCN4C(=O)[C@@H](CC(=O)OC)C(C)C)=N5)cc3)c3c2CCC32CCCC2)C1)C(C)C. The average Bonchev–Trinajstić information content (AvgIpc) is 4.18. The van der Waals surface area contributed by atoms with Crippen LogP contribution in [0.1, 0.15) is 127 Å². The molecule has 2 amide bonds. The highest BCUT2D eigenvalue weighted by Gasteiger charge is 2.45. The molecular formula is C55H66N4O6. The van der Waals surface area contributed by atoms with Crippen LogP contribution in [-0.4, -0.2) is 84.4 Å². The number of ether oxygens (including phenoxy) is 2. The second kappa shape index (κ2) is 18.5. The summed E-state index contributed by atoms with van der Waals surface area (Å²) in [6.07, 6.45) is 14.6. The molecule has 10 heteroatoms. The van der Waals surface area contributed by atoms with Crippen LogP contribution in [0.2, 0.25) is 0 Å². The summed E-state index contributed by atoms with van der Waals surface area (Å²) in [6.45, 7) is 9.40. The summed E-state index contributed by atoms with van der Waals surface area (Å²) in [7, 11) is 2.76. The van der Waals surface area contributed by atoms with Gasteiger partial charge in [0.05, 0.1) is 56.7 Å². The zero-order valence-electron chi connectivity index (χ0n) is 39.3. The zero-order valence-corrected chi connectivity index (χ0v) is 39.3. The minimum atomic E-state index is -0.407. The summed E-state index contributed by atoms with van der Waals surface area (Å²) in [5, 5.41) is 0. The highest BCUT2D eigenvalue weighted by Crippen LogP contribution is 2.55. The fourth-order valence-electron chi connectivity index (χ4n) is 12.3. The highest BCUT2D eigenvalue weighted by molar-refractivity contribution is 6.04. The molecule has 342 valence electrons.